The van der Waals surface area contributed by atoms with Gasteiger partial charge < -0.3 is 0 Å². The van der Waals surface area contributed by atoms with Crippen LogP contribution in [0, 0.1) is 23.0 Å². The van der Waals surface area contributed by atoms with Gasteiger partial charge in [0, 0.05) is 23.1 Å². The van der Waals surface area contributed by atoms with Crippen molar-refractivity contribution in [2.24, 2.45) is 5.92 Å². The standard InChI is InChI=1S/C12H15N3O4/c1-7(2)11(16)13-14-12(17)9-4-5-10(15(18)19)8(3)6-9/h4-7H,1-3H3,(H,13,16)(H,14,17). The lowest BCUT2D eigenvalue weighted by molar-refractivity contribution is -0.385. The Morgan fingerprint density at radius 3 is 2.37 bits per heavy atom. The van der Waals surface area contributed by atoms with Gasteiger partial charge in [-0.15, -0.1) is 0 Å². The molecular formula is C12H15N3O4. The summed E-state index contributed by atoms with van der Waals surface area (Å²) < 4.78 is 0. The summed E-state index contributed by atoms with van der Waals surface area (Å²) >= 11 is 0. The highest BCUT2D eigenvalue weighted by Gasteiger charge is 2.14. The zero-order chi connectivity index (χ0) is 14.6. The zero-order valence-electron chi connectivity index (χ0n) is 10.9. The van der Waals surface area contributed by atoms with Crippen LogP contribution in [-0.2, 0) is 4.79 Å². The number of nitrogens with one attached hydrogen (secondary N) is 2. The number of hydrogen-bond acceptors (Lipinski definition) is 4. The third kappa shape index (κ3) is 3.77. The number of aryl methyl sites for hydroxylation is 1. The van der Waals surface area contributed by atoms with Gasteiger partial charge in [-0.2, -0.15) is 0 Å². The number of benzene rings is 1. The van der Waals surface area contributed by atoms with E-state index in [2.05, 4.69) is 10.9 Å². The molecule has 0 aliphatic carbocycles. The summed E-state index contributed by atoms with van der Waals surface area (Å²) in [6.07, 6.45) is 0. The lowest BCUT2D eigenvalue weighted by Crippen LogP contribution is -2.43. The Kier molecular flexibility index (Phi) is 4.57. The maximum Gasteiger partial charge on any atom is 0.272 e. The van der Waals surface area contributed by atoms with Crippen LogP contribution in [0.4, 0.5) is 5.69 Å². The van der Waals surface area contributed by atoms with Gasteiger partial charge >= 0.3 is 0 Å². The Bertz CT molecular complexity index is 526. The molecular weight excluding hydrogens is 250 g/mol. The minimum Gasteiger partial charge on any atom is -0.273 e. The molecule has 1 aromatic carbocycles. The number of amides is 2. The van der Waals surface area contributed by atoms with Gasteiger partial charge in [-0.1, -0.05) is 13.8 Å². The van der Waals surface area contributed by atoms with Gasteiger partial charge in [0.25, 0.3) is 11.6 Å². The van der Waals surface area contributed by atoms with E-state index in [1.54, 1.807) is 20.8 Å². The Morgan fingerprint density at radius 1 is 1.26 bits per heavy atom. The fraction of sp³-hybridized carbons (Fsp3) is 0.333. The van der Waals surface area contributed by atoms with Crippen LogP contribution in [0.1, 0.15) is 29.8 Å². The van der Waals surface area contributed by atoms with Crippen LogP contribution in [0.25, 0.3) is 0 Å². The highest BCUT2D eigenvalue weighted by atomic mass is 16.6. The lowest BCUT2D eigenvalue weighted by Gasteiger charge is -2.09. The van der Waals surface area contributed by atoms with E-state index in [-0.39, 0.29) is 23.1 Å². The Hall–Kier alpha value is -2.44. The first kappa shape index (κ1) is 14.6. The Balaban J connectivity index is 2.76. The second-order valence-electron chi connectivity index (χ2n) is 4.36. The van der Waals surface area contributed by atoms with E-state index < -0.39 is 10.8 Å². The number of carbonyl (C=O) groups is 2. The third-order valence-corrected chi connectivity index (χ3v) is 2.48. The fourth-order valence-electron chi connectivity index (χ4n) is 1.34. The molecule has 0 radical (unpaired) electrons. The SMILES string of the molecule is Cc1cc(C(=O)NNC(=O)C(C)C)ccc1[N+](=O)[O-]. The topological polar surface area (TPSA) is 101 Å². The number of nitro groups is 1. The predicted octanol–water partition coefficient (Wildman–Crippen LogP) is 1.32. The number of nitro benzene ring substituents is 1. The minimum absolute atomic E-state index is 0.0530. The smallest absolute Gasteiger partial charge is 0.272 e. The van der Waals surface area contributed by atoms with Gasteiger partial charge in [0.1, 0.15) is 0 Å². The number of rotatable bonds is 3. The Labute approximate surface area is 110 Å². The van der Waals surface area contributed by atoms with Crippen molar-refractivity contribution in [3.05, 3.63) is 39.4 Å². The molecule has 2 N–H and O–H groups in total. The molecule has 0 atom stereocenters. The minimum atomic E-state index is -0.521. The van der Waals surface area contributed by atoms with Gasteiger partial charge in [-0.3, -0.25) is 30.6 Å². The molecule has 0 fully saturated rings. The van der Waals surface area contributed by atoms with Crippen LogP contribution in [0.15, 0.2) is 18.2 Å². The van der Waals surface area contributed by atoms with E-state index in [1.165, 1.54) is 18.2 Å². The molecule has 0 saturated heterocycles. The van der Waals surface area contributed by atoms with Crippen LogP contribution in [-0.4, -0.2) is 16.7 Å². The molecule has 0 spiro atoms. The summed E-state index contributed by atoms with van der Waals surface area (Å²) in [5.41, 5.74) is 5.08. The molecule has 0 unspecified atom stereocenters. The van der Waals surface area contributed by atoms with Gasteiger partial charge in [0.15, 0.2) is 0 Å². The van der Waals surface area contributed by atoms with Crippen LogP contribution >= 0.6 is 0 Å². The van der Waals surface area contributed by atoms with Gasteiger partial charge in [-0.05, 0) is 19.1 Å². The second-order valence-corrected chi connectivity index (χ2v) is 4.36. The summed E-state index contributed by atoms with van der Waals surface area (Å²) in [4.78, 5) is 33.1. The van der Waals surface area contributed by atoms with E-state index in [0.29, 0.717) is 5.56 Å². The van der Waals surface area contributed by atoms with E-state index >= 15 is 0 Å². The molecule has 0 aliphatic rings. The maximum absolute atomic E-state index is 11.7. The lowest BCUT2D eigenvalue weighted by atomic mass is 10.1. The molecule has 7 nitrogen and oxygen atoms in total. The largest absolute Gasteiger partial charge is 0.273 e. The molecule has 19 heavy (non-hydrogen) atoms. The number of hydrazine groups is 1. The van der Waals surface area contributed by atoms with Crippen LogP contribution < -0.4 is 10.9 Å². The maximum atomic E-state index is 11.7. The van der Waals surface area contributed by atoms with E-state index in [0.717, 1.165) is 0 Å². The molecule has 102 valence electrons. The van der Waals surface area contributed by atoms with E-state index in [9.17, 15) is 19.7 Å². The molecule has 0 aromatic heterocycles. The van der Waals surface area contributed by atoms with Crippen LogP contribution in [0.2, 0.25) is 0 Å². The first-order chi connectivity index (χ1) is 8.82. The van der Waals surface area contributed by atoms with Crippen molar-refractivity contribution in [2.75, 3.05) is 0 Å². The molecule has 0 aliphatic heterocycles. The summed E-state index contributed by atoms with van der Waals surface area (Å²) in [6, 6.07) is 3.99. The van der Waals surface area contributed by atoms with Gasteiger partial charge in [0.2, 0.25) is 5.91 Å². The highest BCUT2D eigenvalue weighted by Crippen LogP contribution is 2.18. The van der Waals surface area contributed by atoms with Gasteiger partial charge in [-0.25, -0.2) is 0 Å². The molecule has 0 bridgehead atoms. The molecule has 0 saturated carbocycles. The monoisotopic (exact) mass is 265 g/mol. The molecule has 1 rings (SSSR count). The number of nitrogens with zero attached hydrogens (tertiary/aromatic N) is 1. The van der Waals surface area contributed by atoms with E-state index in [1.807, 2.05) is 0 Å². The molecule has 2 amide bonds. The summed E-state index contributed by atoms with van der Waals surface area (Å²) in [7, 11) is 0. The van der Waals surface area contributed by atoms with Crippen LogP contribution in [0.5, 0.6) is 0 Å². The van der Waals surface area contributed by atoms with Gasteiger partial charge in [0.05, 0.1) is 4.92 Å². The quantitative estimate of drug-likeness (QED) is 0.635. The van der Waals surface area contributed by atoms with Crippen molar-refractivity contribution < 1.29 is 14.5 Å². The third-order valence-electron chi connectivity index (χ3n) is 2.48. The summed E-state index contributed by atoms with van der Waals surface area (Å²) in [5, 5.41) is 10.6. The van der Waals surface area contributed by atoms with Crippen molar-refractivity contribution >= 4 is 17.5 Å². The normalized spacial score (nSPS) is 10.1. The molecule has 0 heterocycles. The summed E-state index contributed by atoms with van der Waals surface area (Å²) in [6.45, 7) is 4.93. The summed E-state index contributed by atoms with van der Waals surface area (Å²) in [5.74, 6) is -1.09. The molecule has 1 aromatic rings. The number of carbonyl (C=O) groups excluding carboxylic acids is 2. The van der Waals surface area contributed by atoms with Crippen molar-refractivity contribution in [2.45, 2.75) is 20.8 Å². The van der Waals surface area contributed by atoms with Crippen molar-refractivity contribution in [1.82, 2.24) is 10.9 Å². The zero-order valence-corrected chi connectivity index (χ0v) is 10.9. The first-order valence-electron chi connectivity index (χ1n) is 5.68. The fourth-order valence-corrected chi connectivity index (χ4v) is 1.34. The van der Waals surface area contributed by atoms with E-state index in [4.69, 9.17) is 0 Å². The Morgan fingerprint density at radius 2 is 1.89 bits per heavy atom. The van der Waals surface area contributed by atoms with Crippen molar-refractivity contribution in [3.63, 3.8) is 0 Å². The first-order valence-corrected chi connectivity index (χ1v) is 5.68. The number of hydrogen-bond donors (Lipinski definition) is 2. The molecule has 7 heteroatoms. The predicted molar refractivity (Wildman–Crippen MR) is 68.3 cm³/mol. The van der Waals surface area contributed by atoms with Crippen LogP contribution in [0.3, 0.4) is 0 Å². The van der Waals surface area contributed by atoms with Crippen molar-refractivity contribution in [3.8, 4) is 0 Å². The average Bonchev–Trinajstić information content (AvgIpc) is 2.34. The van der Waals surface area contributed by atoms with Crippen molar-refractivity contribution in [1.29, 1.82) is 0 Å². The average molecular weight is 265 g/mol. The second kappa shape index (κ2) is 5.94. The highest BCUT2D eigenvalue weighted by molar-refractivity contribution is 5.95.